The molecule has 0 aliphatic heterocycles. The van der Waals surface area contributed by atoms with Crippen LogP contribution in [0.25, 0.3) is 0 Å². The molecule has 2 aromatic rings. The molecule has 0 heterocycles. The van der Waals surface area contributed by atoms with Crippen LogP contribution in [-0.4, -0.2) is 13.2 Å². The number of nitrogens with two attached hydrogens (primary N) is 1. The van der Waals surface area contributed by atoms with Crippen molar-refractivity contribution in [3.63, 3.8) is 0 Å². The molecule has 2 rings (SSSR count). The van der Waals surface area contributed by atoms with Crippen LogP contribution < -0.4 is 15.2 Å². The molecule has 3 heteroatoms. The lowest BCUT2D eigenvalue weighted by Crippen LogP contribution is -2.05. The zero-order chi connectivity index (χ0) is 15.6. The molecule has 0 aliphatic rings. The smallest absolute Gasteiger partial charge is 0.161 e. The summed E-state index contributed by atoms with van der Waals surface area (Å²) < 4.78 is 11.8. The highest BCUT2D eigenvalue weighted by Crippen LogP contribution is 2.29. The summed E-state index contributed by atoms with van der Waals surface area (Å²) in [5.41, 5.74) is 7.96. The van der Waals surface area contributed by atoms with E-state index < -0.39 is 0 Å². The standard InChI is InChI=1S/C19H25NO2/c1-2-3-13-21-18-10-9-16(11-12-20)14-19(18)22-15-17-7-5-4-6-8-17/h4-10,14H,2-3,11-13,15,20H2,1H3. The predicted octanol–water partition coefficient (Wildman–Crippen LogP) is 3.95. The molecule has 0 aliphatic carbocycles. The van der Waals surface area contributed by atoms with Crippen LogP contribution >= 0.6 is 0 Å². The van der Waals surface area contributed by atoms with Gasteiger partial charge in [-0.2, -0.15) is 0 Å². The summed E-state index contributed by atoms with van der Waals surface area (Å²) in [5, 5.41) is 0. The maximum absolute atomic E-state index is 5.98. The molecular weight excluding hydrogens is 274 g/mol. The first-order valence-electron chi connectivity index (χ1n) is 7.96. The van der Waals surface area contributed by atoms with Crippen molar-refractivity contribution in [3.8, 4) is 11.5 Å². The van der Waals surface area contributed by atoms with Crippen molar-refractivity contribution >= 4 is 0 Å². The minimum atomic E-state index is 0.539. The first-order valence-corrected chi connectivity index (χ1v) is 7.96. The highest BCUT2D eigenvalue weighted by atomic mass is 16.5. The van der Waals surface area contributed by atoms with Gasteiger partial charge in [-0.3, -0.25) is 0 Å². The molecule has 118 valence electrons. The molecule has 0 spiro atoms. The van der Waals surface area contributed by atoms with Crippen LogP contribution in [0.15, 0.2) is 48.5 Å². The molecule has 0 unspecified atom stereocenters. The second-order valence-corrected chi connectivity index (χ2v) is 5.30. The Hall–Kier alpha value is -2.00. The van der Waals surface area contributed by atoms with E-state index in [2.05, 4.69) is 25.1 Å². The second kappa shape index (κ2) is 9.11. The van der Waals surface area contributed by atoms with Gasteiger partial charge in [-0.15, -0.1) is 0 Å². The van der Waals surface area contributed by atoms with Crippen molar-refractivity contribution in [2.45, 2.75) is 32.8 Å². The summed E-state index contributed by atoms with van der Waals surface area (Å²) in [7, 11) is 0. The van der Waals surface area contributed by atoms with E-state index >= 15 is 0 Å². The molecule has 0 saturated heterocycles. The third-order valence-electron chi connectivity index (χ3n) is 3.43. The zero-order valence-corrected chi connectivity index (χ0v) is 13.3. The van der Waals surface area contributed by atoms with Gasteiger partial charge < -0.3 is 15.2 Å². The fraction of sp³-hybridized carbons (Fsp3) is 0.368. The molecule has 0 atom stereocenters. The summed E-state index contributed by atoms with van der Waals surface area (Å²) in [5.74, 6) is 1.61. The first kappa shape index (κ1) is 16.4. The Morgan fingerprint density at radius 2 is 1.73 bits per heavy atom. The Labute approximate surface area is 133 Å². The molecule has 0 fully saturated rings. The lowest BCUT2D eigenvalue weighted by atomic mass is 10.1. The van der Waals surface area contributed by atoms with E-state index in [-0.39, 0.29) is 0 Å². The van der Waals surface area contributed by atoms with Gasteiger partial charge in [0.2, 0.25) is 0 Å². The SMILES string of the molecule is CCCCOc1ccc(CCN)cc1OCc1ccccc1. The molecule has 2 N–H and O–H groups in total. The van der Waals surface area contributed by atoms with Gasteiger partial charge in [-0.1, -0.05) is 49.7 Å². The van der Waals surface area contributed by atoms with Gasteiger partial charge in [0.15, 0.2) is 11.5 Å². The van der Waals surface area contributed by atoms with Crippen LogP contribution in [0.1, 0.15) is 30.9 Å². The molecule has 3 nitrogen and oxygen atoms in total. The molecule has 0 radical (unpaired) electrons. The van der Waals surface area contributed by atoms with E-state index in [1.807, 2.05) is 30.3 Å². The van der Waals surface area contributed by atoms with Gasteiger partial charge in [0.1, 0.15) is 6.61 Å². The quantitative estimate of drug-likeness (QED) is 0.713. The van der Waals surface area contributed by atoms with Gasteiger partial charge in [-0.25, -0.2) is 0 Å². The Morgan fingerprint density at radius 1 is 0.909 bits per heavy atom. The molecule has 22 heavy (non-hydrogen) atoms. The van der Waals surface area contributed by atoms with Crippen LogP contribution in [0.4, 0.5) is 0 Å². The second-order valence-electron chi connectivity index (χ2n) is 5.30. The number of ether oxygens (including phenoxy) is 2. The zero-order valence-electron chi connectivity index (χ0n) is 13.3. The van der Waals surface area contributed by atoms with E-state index in [0.717, 1.165) is 36.3 Å². The average molecular weight is 299 g/mol. The third-order valence-corrected chi connectivity index (χ3v) is 3.43. The largest absolute Gasteiger partial charge is 0.490 e. The van der Waals surface area contributed by atoms with Crippen LogP contribution in [-0.2, 0) is 13.0 Å². The van der Waals surface area contributed by atoms with E-state index in [9.17, 15) is 0 Å². The lowest BCUT2D eigenvalue weighted by Gasteiger charge is -2.14. The summed E-state index contributed by atoms with van der Waals surface area (Å²) >= 11 is 0. The number of benzene rings is 2. The number of hydrogen-bond donors (Lipinski definition) is 1. The van der Waals surface area contributed by atoms with E-state index in [1.165, 1.54) is 5.56 Å². The van der Waals surface area contributed by atoms with Crippen molar-refractivity contribution < 1.29 is 9.47 Å². The molecule has 0 bridgehead atoms. The fourth-order valence-corrected chi connectivity index (χ4v) is 2.17. The van der Waals surface area contributed by atoms with Gasteiger partial charge in [0.25, 0.3) is 0 Å². The van der Waals surface area contributed by atoms with Crippen molar-refractivity contribution in [3.05, 3.63) is 59.7 Å². The Morgan fingerprint density at radius 3 is 2.45 bits per heavy atom. The normalized spacial score (nSPS) is 10.5. The number of hydrogen-bond acceptors (Lipinski definition) is 3. The molecular formula is C19H25NO2. The first-order chi connectivity index (χ1) is 10.8. The number of unbranched alkanes of at least 4 members (excludes halogenated alkanes) is 1. The molecule has 0 saturated carbocycles. The maximum Gasteiger partial charge on any atom is 0.161 e. The monoisotopic (exact) mass is 299 g/mol. The van der Waals surface area contributed by atoms with Gasteiger partial charge in [0, 0.05) is 0 Å². The van der Waals surface area contributed by atoms with Crippen molar-refractivity contribution in [1.29, 1.82) is 0 Å². The van der Waals surface area contributed by atoms with Crippen LogP contribution in [0.3, 0.4) is 0 Å². The minimum Gasteiger partial charge on any atom is -0.490 e. The number of rotatable bonds is 9. The van der Waals surface area contributed by atoms with E-state index in [4.69, 9.17) is 15.2 Å². The van der Waals surface area contributed by atoms with Crippen molar-refractivity contribution in [1.82, 2.24) is 0 Å². The maximum atomic E-state index is 5.98. The topological polar surface area (TPSA) is 44.5 Å². The predicted molar refractivity (Wildman–Crippen MR) is 90.4 cm³/mol. The van der Waals surface area contributed by atoms with Crippen LogP contribution in [0.5, 0.6) is 11.5 Å². The third kappa shape index (κ3) is 5.08. The van der Waals surface area contributed by atoms with E-state index in [0.29, 0.717) is 19.8 Å². The molecule has 0 amide bonds. The molecule has 0 aromatic heterocycles. The lowest BCUT2D eigenvalue weighted by molar-refractivity contribution is 0.258. The van der Waals surface area contributed by atoms with Gasteiger partial charge >= 0.3 is 0 Å². The minimum absolute atomic E-state index is 0.539. The summed E-state index contributed by atoms with van der Waals surface area (Å²) in [6.45, 7) is 4.04. The summed E-state index contributed by atoms with van der Waals surface area (Å²) in [4.78, 5) is 0. The molecule has 2 aromatic carbocycles. The van der Waals surface area contributed by atoms with Crippen molar-refractivity contribution in [2.75, 3.05) is 13.2 Å². The van der Waals surface area contributed by atoms with Crippen LogP contribution in [0, 0.1) is 0 Å². The highest BCUT2D eigenvalue weighted by molar-refractivity contribution is 5.43. The van der Waals surface area contributed by atoms with Gasteiger partial charge in [-0.05, 0) is 42.6 Å². The Balaban J connectivity index is 2.08. The Kier molecular flexibility index (Phi) is 6.78. The fourth-order valence-electron chi connectivity index (χ4n) is 2.17. The Bertz CT molecular complexity index is 555. The summed E-state index contributed by atoms with van der Waals surface area (Å²) in [6.07, 6.45) is 3.01. The van der Waals surface area contributed by atoms with E-state index in [1.54, 1.807) is 0 Å². The van der Waals surface area contributed by atoms with Gasteiger partial charge in [0.05, 0.1) is 6.61 Å². The highest BCUT2D eigenvalue weighted by Gasteiger charge is 2.07. The van der Waals surface area contributed by atoms with Crippen LogP contribution in [0.2, 0.25) is 0 Å². The average Bonchev–Trinajstić information content (AvgIpc) is 2.56. The summed E-state index contributed by atoms with van der Waals surface area (Å²) in [6, 6.07) is 16.2. The van der Waals surface area contributed by atoms with Crippen molar-refractivity contribution in [2.24, 2.45) is 5.73 Å².